The van der Waals surface area contributed by atoms with Crippen LogP contribution in [0.5, 0.6) is 0 Å². The van der Waals surface area contributed by atoms with Crippen LogP contribution in [0.4, 0.5) is 14.6 Å². The zero-order valence-corrected chi connectivity index (χ0v) is 22.1. The van der Waals surface area contributed by atoms with Gasteiger partial charge < -0.3 is 20.6 Å². The summed E-state index contributed by atoms with van der Waals surface area (Å²) < 4.78 is 28.6. The van der Waals surface area contributed by atoms with E-state index in [1.54, 1.807) is 0 Å². The van der Waals surface area contributed by atoms with Gasteiger partial charge in [0.2, 0.25) is 0 Å². The summed E-state index contributed by atoms with van der Waals surface area (Å²) in [4.78, 5) is 37.7. The van der Waals surface area contributed by atoms with E-state index in [-0.39, 0.29) is 56.3 Å². The Morgan fingerprint density at radius 1 is 1.14 bits per heavy atom. The Bertz CT molecular complexity index is 1180. The minimum Gasteiger partial charge on any atom is -0.393 e. The number of nitrogens with zero attached hydrogens (tertiary/aromatic N) is 3. The molecule has 37 heavy (non-hydrogen) atoms. The highest BCUT2D eigenvalue weighted by Crippen LogP contribution is 2.42. The summed E-state index contributed by atoms with van der Waals surface area (Å²) in [5, 5.41) is 15.8. The molecule has 3 N–H and O–H groups in total. The van der Waals surface area contributed by atoms with Gasteiger partial charge in [0.15, 0.2) is 5.01 Å². The van der Waals surface area contributed by atoms with E-state index >= 15 is 0 Å². The van der Waals surface area contributed by atoms with E-state index in [0.717, 1.165) is 37.0 Å². The molecule has 3 aliphatic rings. The van der Waals surface area contributed by atoms with Crippen LogP contribution >= 0.6 is 11.3 Å². The number of aliphatic hydroxyl groups is 1. The monoisotopic (exact) mass is 533 g/mol. The van der Waals surface area contributed by atoms with Gasteiger partial charge in [-0.25, -0.2) is 18.7 Å². The van der Waals surface area contributed by atoms with Crippen LogP contribution in [-0.2, 0) is 0 Å². The maximum Gasteiger partial charge on any atom is 0.280 e. The molecule has 1 aliphatic carbocycles. The first-order valence-electron chi connectivity index (χ1n) is 12.9. The van der Waals surface area contributed by atoms with Gasteiger partial charge in [-0.2, -0.15) is 0 Å². The average molecular weight is 534 g/mol. The number of alkyl halides is 2. The Morgan fingerprint density at radius 3 is 2.38 bits per heavy atom. The van der Waals surface area contributed by atoms with Crippen molar-refractivity contribution in [2.45, 2.75) is 102 Å². The number of carbonyl (C=O) groups is 2. The molecule has 2 atom stereocenters. The third kappa shape index (κ3) is 5.34. The van der Waals surface area contributed by atoms with Crippen LogP contribution in [0.3, 0.4) is 0 Å². The van der Waals surface area contributed by atoms with E-state index < -0.39 is 18.4 Å². The summed E-state index contributed by atoms with van der Waals surface area (Å²) in [5.74, 6) is -0.477. The molecule has 2 aliphatic heterocycles. The fourth-order valence-corrected chi connectivity index (χ4v) is 6.73. The number of aromatic nitrogens is 2. The molecule has 200 valence electrons. The number of anilines is 1. The van der Waals surface area contributed by atoms with E-state index in [1.807, 2.05) is 25.7 Å². The molecule has 2 bridgehead atoms. The van der Waals surface area contributed by atoms with Gasteiger partial charge in [0, 0.05) is 41.0 Å². The highest BCUT2D eigenvalue weighted by atomic mass is 32.1. The lowest BCUT2D eigenvalue weighted by Gasteiger charge is -2.23. The number of aliphatic hydroxyl groups excluding tert-OH is 1. The summed E-state index contributed by atoms with van der Waals surface area (Å²) in [7, 11) is 0. The predicted molar refractivity (Wildman–Crippen MR) is 137 cm³/mol. The van der Waals surface area contributed by atoms with Gasteiger partial charge in [-0.1, -0.05) is 0 Å². The van der Waals surface area contributed by atoms with E-state index in [1.165, 1.54) is 12.3 Å². The van der Waals surface area contributed by atoms with Gasteiger partial charge in [-0.3, -0.25) is 9.59 Å². The summed E-state index contributed by atoms with van der Waals surface area (Å²) in [6.45, 7) is 5.72. The van der Waals surface area contributed by atoms with Gasteiger partial charge >= 0.3 is 0 Å². The molecule has 8 nitrogen and oxygen atoms in total. The van der Waals surface area contributed by atoms with Crippen LogP contribution in [-0.4, -0.2) is 61.6 Å². The third-order valence-electron chi connectivity index (χ3n) is 7.37. The first-order chi connectivity index (χ1) is 17.5. The molecule has 2 aromatic rings. The number of nitrogens with one attached hydrogen (secondary N) is 2. The summed E-state index contributed by atoms with van der Waals surface area (Å²) >= 11 is 0.939. The van der Waals surface area contributed by atoms with Gasteiger partial charge in [0.25, 0.3) is 18.2 Å². The maximum atomic E-state index is 14.3. The van der Waals surface area contributed by atoms with Crippen molar-refractivity contribution in [2.75, 3.05) is 5.32 Å². The van der Waals surface area contributed by atoms with Crippen LogP contribution in [0.25, 0.3) is 10.4 Å². The predicted octanol–water partition coefficient (Wildman–Crippen LogP) is 4.76. The third-order valence-corrected chi connectivity index (χ3v) is 8.46. The molecule has 1 saturated carbocycles. The van der Waals surface area contributed by atoms with Gasteiger partial charge in [0.1, 0.15) is 11.5 Å². The largest absolute Gasteiger partial charge is 0.393 e. The molecule has 0 unspecified atom stereocenters. The van der Waals surface area contributed by atoms with Crippen LogP contribution < -0.4 is 10.6 Å². The molecule has 5 rings (SSSR count). The van der Waals surface area contributed by atoms with Crippen molar-refractivity contribution in [3.63, 3.8) is 0 Å². The van der Waals surface area contributed by atoms with Crippen LogP contribution in [0, 0.1) is 0 Å². The van der Waals surface area contributed by atoms with Crippen molar-refractivity contribution in [1.29, 1.82) is 0 Å². The first-order valence-corrected chi connectivity index (χ1v) is 13.7. The van der Waals surface area contributed by atoms with Crippen molar-refractivity contribution in [2.24, 2.45) is 0 Å². The number of hydrogen-bond donors (Lipinski definition) is 3. The molecule has 4 heterocycles. The number of hydrogen-bond acceptors (Lipinski definition) is 7. The summed E-state index contributed by atoms with van der Waals surface area (Å²) in [5.41, 5.74) is -0.513. The minimum atomic E-state index is -2.82. The van der Waals surface area contributed by atoms with Crippen molar-refractivity contribution >= 4 is 29.0 Å². The number of fused-ring (bicyclic) bond motifs is 2. The first kappa shape index (κ1) is 26.0. The van der Waals surface area contributed by atoms with Crippen molar-refractivity contribution < 1.29 is 23.5 Å². The van der Waals surface area contributed by atoms with Gasteiger partial charge in [0.05, 0.1) is 11.0 Å². The molecule has 0 radical (unpaired) electrons. The zero-order valence-electron chi connectivity index (χ0n) is 21.3. The number of halogens is 2. The van der Waals surface area contributed by atoms with Crippen molar-refractivity contribution in [1.82, 2.24) is 20.2 Å². The van der Waals surface area contributed by atoms with Crippen LogP contribution in [0.2, 0.25) is 0 Å². The highest BCUT2D eigenvalue weighted by Gasteiger charge is 2.44. The number of carbonyl (C=O) groups excluding carboxylic acids is 2. The normalized spacial score (nSPS) is 25.2. The quantitative estimate of drug-likeness (QED) is 0.494. The lowest BCUT2D eigenvalue weighted by atomic mass is 10.0. The van der Waals surface area contributed by atoms with Crippen molar-refractivity contribution in [3.8, 4) is 10.4 Å². The Labute approximate surface area is 218 Å². The Hall–Kier alpha value is -2.66. The second kappa shape index (κ2) is 9.90. The number of thiazole rings is 1. The zero-order chi connectivity index (χ0) is 26.5. The fourth-order valence-electron chi connectivity index (χ4n) is 5.74. The van der Waals surface area contributed by atoms with Gasteiger partial charge in [-0.15, -0.1) is 11.3 Å². The standard InChI is InChI=1S/C26H33F2N5O3S/c1-26(2,3)32-19-11-17(22(27)28)18(12-29-19)21-20(25(36)33-14-5-6-15(33)8-7-14)31-24(37-21)23(35)30-13-4-9-16(34)10-13/h11-16,22,34H,4-10H2,1-3H3,(H,29,32)(H,30,35)/t13-,14?,15?,16-/m1/s1. The second-order valence-electron chi connectivity index (χ2n) is 11.3. The van der Waals surface area contributed by atoms with E-state index in [9.17, 15) is 23.5 Å². The van der Waals surface area contributed by atoms with Gasteiger partial charge in [-0.05, 0) is 71.8 Å². The second-order valence-corrected chi connectivity index (χ2v) is 12.3. The molecule has 2 amide bonds. The maximum absolute atomic E-state index is 14.3. The van der Waals surface area contributed by atoms with E-state index in [4.69, 9.17) is 0 Å². The Balaban J connectivity index is 1.54. The molecule has 11 heteroatoms. The average Bonchev–Trinajstić information content (AvgIpc) is 3.61. The van der Waals surface area contributed by atoms with Crippen molar-refractivity contribution in [3.05, 3.63) is 28.5 Å². The Morgan fingerprint density at radius 2 is 1.81 bits per heavy atom. The smallest absolute Gasteiger partial charge is 0.280 e. The molecular formula is C26H33F2N5O3S. The highest BCUT2D eigenvalue weighted by molar-refractivity contribution is 7.17. The summed E-state index contributed by atoms with van der Waals surface area (Å²) in [6, 6.07) is 1.36. The van der Waals surface area contributed by atoms with Crippen LogP contribution in [0.1, 0.15) is 98.0 Å². The number of pyridine rings is 1. The topological polar surface area (TPSA) is 107 Å². The Kier molecular flexibility index (Phi) is 6.95. The molecule has 2 aromatic heterocycles. The number of rotatable bonds is 6. The lowest BCUT2D eigenvalue weighted by molar-refractivity contribution is 0.0725. The molecular weight excluding hydrogens is 500 g/mol. The summed E-state index contributed by atoms with van der Waals surface area (Å²) in [6.07, 6.45) is 3.46. The molecule has 0 spiro atoms. The lowest BCUT2D eigenvalue weighted by Crippen LogP contribution is -2.36. The van der Waals surface area contributed by atoms with E-state index in [2.05, 4.69) is 20.6 Å². The van der Waals surface area contributed by atoms with Crippen LogP contribution in [0.15, 0.2) is 12.3 Å². The molecule has 0 aromatic carbocycles. The van der Waals surface area contributed by atoms with E-state index in [0.29, 0.717) is 25.1 Å². The number of amides is 2. The molecule has 3 fully saturated rings. The minimum absolute atomic E-state index is 0.0284. The molecule has 2 saturated heterocycles. The fraction of sp³-hybridized carbons (Fsp3) is 0.615. The SMILES string of the molecule is CC(C)(C)Nc1cc(C(F)F)c(-c2sc(C(=O)N[C@@H]3CC[C@@H](O)C3)nc2C(=O)N2C3CCC2CC3)cn1.